The molecule has 0 bridgehead atoms. The second-order valence-electron chi connectivity index (χ2n) is 7.24. The minimum atomic E-state index is -0.454. The van der Waals surface area contributed by atoms with Gasteiger partial charge in [-0.05, 0) is 34.1 Å². The van der Waals surface area contributed by atoms with Crippen LogP contribution in [0.25, 0.3) is 0 Å². The number of carbonyl (C=O) groups is 1. The van der Waals surface area contributed by atoms with E-state index in [0.29, 0.717) is 13.1 Å². The zero-order valence-electron chi connectivity index (χ0n) is 14.7. The summed E-state index contributed by atoms with van der Waals surface area (Å²) in [6, 6.07) is 0. The molecular weight excluding hydrogens is 346 g/mol. The molecule has 0 radical (unpaired) electrons. The van der Waals surface area contributed by atoms with Gasteiger partial charge in [0.1, 0.15) is 5.60 Å². The monoisotopic (exact) mass is 377 g/mol. The molecule has 1 aliphatic heterocycles. The van der Waals surface area contributed by atoms with Crippen molar-refractivity contribution in [3.05, 3.63) is 0 Å². The Kier molecular flexibility index (Phi) is 8.19. The summed E-state index contributed by atoms with van der Waals surface area (Å²) in [6.07, 6.45) is 6.16. The predicted octanol–water partition coefficient (Wildman–Crippen LogP) is 4.74. The molecular formula is C17H32BrNO3. The zero-order chi connectivity index (χ0) is 16.8. The van der Waals surface area contributed by atoms with E-state index in [9.17, 15) is 4.79 Å². The Hall–Kier alpha value is -0.290. The first-order chi connectivity index (χ1) is 10.2. The minimum absolute atomic E-state index is 0.0497. The fourth-order valence-electron chi connectivity index (χ4n) is 2.56. The highest BCUT2D eigenvalue weighted by Crippen LogP contribution is 2.24. The summed E-state index contributed by atoms with van der Waals surface area (Å²) in [6.45, 7) is 11.3. The van der Waals surface area contributed by atoms with Crippen molar-refractivity contribution in [2.75, 3.05) is 13.1 Å². The molecule has 4 nitrogen and oxygen atoms in total. The number of hydrogen-bond acceptors (Lipinski definition) is 3. The Morgan fingerprint density at radius 2 is 1.95 bits per heavy atom. The van der Waals surface area contributed by atoms with E-state index in [2.05, 4.69) is 29.8 Å². The van der Waals surface area contributed by atoms with Gasteiger partial charge in [-0.3, -0.25) is 0 Å². The Morgan fingerprint density at radius 1 is 1.27 bits per heavy atom. The van der Waals surface area contributed by atoms with E-state index >= 15 is 0 Å². The molecule has 3 unspecified atom stereocenters. The summed E-state index contributed by atoms with van der Waals surface area (Å²) in [4.78, 5) is 14.0. The molecule has 0 saturated carbocycles. The highest BCUT2D eigenvalue weighted by atomic mass is 79.9. The highest BCUT2D eigenvalue weighted by molar-refractivity contribution is 9.09. The summed E-state index contributed by atoms with van der Waals surface area (Å²) in [7, 11) is 0. The van der Waals surface area contributed by atoms with Crippen LogP contribution in [0.4, 0.5) is 4.79 Å². The van der Waals surface area contributed by atoms with Crippen LogP contribution in [0.3, 0.4) is 0 Å². The Morgan fingerprint density at radius 3 is 2.55 bits per heavy atom. The zero-order valence-corrected chi connectivity index (χ0v) is 16.3. The minimum Gasteiger partial charge on any atom is -0.444 e. The molecule has 1 amide bonds. The smallest absolute Gasteiger partial charge is 0.410 e. The van der Waals surface area contributed by atoms with Crippen LogP contribution in [0.5, 0.6) is 0 Å². The quantitative estimate of drug-likeness (QED) is 0.474. The second-order valence-corrected chi connectivity index (χ2v) is 8.41. The van der Waals surface area contributed by atoms with Gasteiger partial charge < -0.3 is 14.4 Å². The van der Waals surface area contributed by atoms with E-state index < -0.39 is 5.60 Å². The molecule has 0 aromatic rings. The molecule has 1 rings (SSSR count). The van der Waals surface area contributed by atoms with Crippen LogP contribution in [0.15, 0.2) is 0 Å². The summed E-state index contributed by atoms with van der Waals surface area (Å²) >= 11 is 3.64. The lowest BCUT2D eigenvalue weighted by Crippen LogP contribution is -2.36. The van der Waals surface area contributed by atoms with E-state index in [1.54, 1.807) is 4.90 Å². The van der Waals surface area contributed by atoms with E-state index in [4.69, 9.17) is 9.47 Å². The molecule has 1 saturated heterocycles. The molecule has 22 heavy (non-hydrogen) atoms. The Bertz CT molecular complexity index is 343. The third-order valence-corrected chi connectivity index (χ3v) is 4.60. The number of unbranched alkanes of at least 4 members (excludes halogenated alkanes) is 3. The number of hydrogen-bond donors (Lipinski definition) is 0. The first-order valence-electron chi connectivity index (χ1n) is 8.50. The molecule has 0 aromatic heterocycles. The number of halogens is 1. The van der Waals surface area contributed by atoms with Crippen LogP contribution in [-0.2, 0) is 9.47 Å². The fourth-order valence-corrected chi connectivity index (χ4v) is 3.20. The van der Waals surface area contributed by atoms with Gasteiger partial charge in [0.2, 0.25) is 0 Å². The number of amides is 1. The standard InChI is InChI=1S/C17H32BrNO3/c1-6-7-8-9-10-13(2)21-15-12-19(11-14(15)18)16(20)22-17(3,4)5/h13-15H,6-12H2,1-5H3. The van der Waals surface area contributed by atoms with E-state index in [-0.39, 0.29) is 23.1 Å². The summed E-state index contributed by atoms with van der Waals surface area (Å²) in [5, 5.41) is 0. The van der Waals surface area contributed by atoms with Crippen molar-refractivity contribution < 1.29 is 14.3 Å². The normalized spacial score (nSPS) is 23.6. The SMILES string of the molecule is CCCCCCC(C)OC1CN(C(=O)OC(C)(C)C)CC1Br. The van der Waals surface area contributed by atoms with Gasteiger partial charge >= 0.3 is 6.09 Å². The molecule has 1 fully saturated rings. The van der Waals surface area contributed by atoms with Crippen LogP contribution in [0.1, 0.15) is 66.7 Å². The maximum atomic E-state index is 12.1. The molecule has 0 N–H and O–H groups in total. The van der Waals surface area contributed by atoms with Gasteiger partial charge in [0.05, 0.1) is 23.6 Å². The summed E-state index contributed by atoms with van der Waals surface area (Å²) < 4.78 is 11.5. The Labute approximate surface area is 144 Å². The van der Waals surface area contributed by atoms with Gasteiger partial charge in [-0.1, -0.05) is 48.5 Å². The fraction of sp³-hybridized carbons (Fsp3) is 0.941. The number of rotatable bonds is 7. The largest absolute Gasteiger partial charge is 0.444 e. The lowest BCUT2D eigenvalue weighted by atomic mass is 10.1. The van der Waals surface area contributed by atoms with Gasteiger partial charge in [0, 0.05) is 6.54 Å². The van der Waals surface area contributed by atoms with Crippen LogP contribution in [-0.4, -0.2) is 46.7 Å². The van der Waals surface area contributed by atoms with Gasteiger partial charge in [-0.25, -0.2) is 4.79 Å². The number of carbonyl (C=O) groups excluding carboxylic acids is 1. The lowest BCUT2D eigenvalue weighted by molar-refractivity contribution is -0.00487. The van der Waals surface area contributed by atoms with Crippen molar-refractivity contribution in [2.24, 2.45) is 0 Å². The van der Waals surface area contributed by atoms with Gasteiger partial charge in [0.15, 0.2) is 0 Å². The topological polar surface area (TPSA) is 38.8 Å². The average molecular weight is 378 g/mol. The number of nitrogens with zero attached hydrogens (tertiary/aromatic N) is 1. The van der Waals surface area contributed by atoms with Crippen molar-refractivity contribution in [3.8, 4) is 0 Å². The second kappa shape index (κ2) is 9.11. The van der Waals surface area contributed by atoms with Gasteiger partial charge in [-0.15, -0.1) is 0 Å². The molecule has 5 heteroatoms. The number of ether oxygens (including phenoxy) is 2. The molecule has 0 aliphatic carbocycles. The summed E-state index contributed by atoms with van der Waals surface area (Å²) in [5.41, 5.74) is -0.454. The van der Waals surface area contributed by atoms with Crippen LogP contribution in [0, 0.1) is 0 Å². The van der Waals surface area contributed by atoms with Crippen LogP contribution < -0.4 is 0 Å². The molecule has 1 heterocycles. The van der Waals surface area contributed by atoms with Crippen LogP contribution >= 0.6 is 15.9 Å². The number of likely N-dealkylation sites (tertiary alicyclic amines) is 1. The van der Waals surface area contributed by atoms with E-state index in [1.165, 1.54) is 25.7 Å². The predicted molar refractivity (Wildman–Crippen MR) is 93.6 cm³/mol. The van der Waals surface area contributed by atoms with Crippen molar-refractivity contribution >= 4 is 22.0 Å². The average Bonchev–Trinajstić information content (AvgIpc) is 2.74. The third kappa shape index (κ3) is 7.32. The van der Waals surface area contributed by atoms with Gasteiger partial charge in [0.25, 0.3) is 0 Å². The third-order valence-electron chi connectivity index (χ3n) is 3.72. The van der Waals surface area contributed by atoms with Crippen molar-refractivity contribution in [3.63, 3.8) is 0 Å². The first kappa shape index (κ1) is 19.8. The molecule has 0 aromatic carbocycles. The van der Waals surface area contributed by atoms with Crippen LogP contribution in [0.2, 0.25) is 0 Å². The Balaban J connectivity index is 2.35. The van der Waals surface area contributed by atoms with Gasteiger partial charge in [-0.2, -0.15) is 0 Å². The van der Waals surface area contributed by atoms with Crippen molar-refractivity contribution in [2.45, 2.75) is 89.4 Å². The molecule has 0 spiro atoms. The molecule has 1 aliphatic rings. The molecule has 130 valence electrons. The maximum Gasteiger partial charge on any atom is 0.410 e. The lowest BCUT2D eigenvalue weighted by Gasteiger charge is -2.24. The number of alkyl halides is 1. The highest BCUT2D eigenvalue weighted by Gasteiger charge is 2.37. The maximum absolute atomic E-state index is 12.1. The van der Waals surface area contributed by atoms with E-state index in [0.717, 1.165) is 6.42 Å². The van der Waals surface area contributed by atoms with E-state index in [1.807, 2.05) is 20.8 Å². The van der Waals surface area contributed by atoms with Crippen molar-refractivity contribution in [1.29, 1.82) is 0 Å². The molecule has 3 atom stereocenters. The summed E-state index contributed by atoms with van der Waals surface area (Å²) in [5.74, 6) is 0. The van der Waals surface area contributed by atoms with Crippen molar-refractivity contribution in [1.82, 2.24) is 4.90 Å². The first-order valence-corrected chi connectivity index (χ1v) is 9.42.